The van der Waals surface area contributed by atoms with E-state index in [1.807, 2.05) is 61.5 Å². The molecule has 1 heterocycles. The molecule has 0 saturated heterocycles. The van der Waals surface area contributed by atoms with Gasteiger partial charge in [-0.25, -0.2) is 4.79 Å². The summed E-state index contributed by atoms with van der Waals surface area (Å²) >= 11 is 1.34. The Morgan fingerprint density at radius 1 is 1.12 bits per heavy atom. The van der Waals surface area contributed by atoms with Crippen molar-refractivity contribution < 1.29 is 14.7 Å². The number of para-hydroxylation sites is 1. The average molecular weight is 354 g/mol. The van der Waals surface area contributed by atoms with Crippen molar-refractivity contribution >= 4 is 33.4 Å². The standard InChI is InChI=1S/C19H18N2O3S/c1-2-14(18(23)24)21-15-10-6-7-11-16(15)25-19(21)20-17(22)12-13-8-4-3-5-9-13/h3-11,14H,2,12H2,1H3,(H,23,24)/b20-19+. The van der Waals surface area contributed by atoms with Crippen molar-refractivity contribution in [3.05, 3.63) is 65.0 Å². The molecule has 25 heavy (non-hydrogen) atoms. The number of hydrogen-bond donors (Lipinski definition) is 1. The zero-order chi connectivity index (χ0) is 17.8. The minimum absolute atomic E-state index is 0.193. The summed E-state index contributed by atoms with van der Waals surface area (Å²) in [6.45, 7) is 1.81. The van der Waals surface area contributed by atoms with Gasteiger partial charge in [0, 0.05) is 0 Å². The molecular formula is C19H18N2O3S. The van der Waals surface area contributed by atoms with Gasteiger partial charge in [-0.1, -0.05) is 60.7 Å². The van der Waals surface area contributed by atoms with Crippen LogP contribution in [0.1, 0.15) is 24.9 Å². The van der Waals surface area contributed by atoms with E-state index >= 15 is 0 Å². The topological polar surface area (TPSA) is 71.7 Å². The SMILES string of the molecule is CCC(C(=O)O)n1/c(=N\C(=O)Cc2ccccc2)sc2ccccc21. The van der Waals surface area contributed by atoms with Crippen molar-refractivity contribution in [1.29, 1.82) is 0 Å². The van der Waals surface area contributed by atoms with Gasteiger partial charge in [0.1, 0.15) is 6.04 Å². The Balaban J connectivity index is 2.08. The van der Waals surface area contributed by atoms with E-state index in [2.05, 4.69) is 4.99 Å². The molecule has 6 heteroatoms. The molecule has 0 fully saturated rings. The van der Waals surface area contributed by atoms with E-state index < -0.39 is 12.0 Å². The Morgan fingerprint density at radius 3 is 2.48 bits per heavy atom. The molecule has 2 aromatic carbocycles. The Kier molecular flexibility index (Phi) is 5.09. The lowest BCUT2D eigenvalue weighted by molar-refractivity contribution is -0.141. The van der Waals surface area contributed by atoms with Crippen molar-refractivity contribution in [3.8, 4) is 0 Å². The van der Waals surface area contributed by atoms with E-state index in [-0.39, 0.29) is 12.3 Å². The van der Waals surface area contributed by atoms with E-state index in [1.54, 1.807) is 4.57 Å². The minimum atomic E-state index is -0.928. The van der Waals surface area contributed by atoms with Gasteiger partial charge in [-0.2, -0.15) is 4.99 Å². The number of carbonyl (C=O) groups is 2. The van der Waals surface area contributed by atoms with Crippen LogP contribution < -0.4 is 4.80 Å². The lowest BCUT2D eigenvalue weighted by Crippen LogP contribution is -2.27. The fourth-order valence-electron chi connectivity index (χ4n) is 2.76. The number of hydrogen-bond acceptors (Lipinski definition) is 3. The second-order valence-electron chi connectivity index (χ2n) is 5.65. The van der Waals surface area contributed by atoms with E-state index in [0.29, 0.717) is 11.2 Å². The third-order valence-electron chi connectivity index (χ3n) is 3.93. The van der Waals surface area contributed by atoms with E-state index in [1.165, 1.54) is 11.3 Å². The maximum Gasteiger partial charge on any atom is 0.326 e. The molecule has 0 spiro atoms. The number of aromatic nitrogens is 1. The van der Waals surface area contributed by atoms with E-state index in [4.69, 9.17) is 0 Å². The van der Waals surface area contributed by atoms with Crippen LogP contribution in [-0.2, 0) is 16.0 Å². The molecule has 1 amide bonds. The molecule has 0 aliphatic carbocycles. The molecule has 5 nitrogen and oxygen atoms in total. The normalized spacial score (nSPS) is 13.1. The summed E-state index contributed by atoms with van der Waals surface area (Å²) in [5.41, 5.74) is 1.67. The molecule has 128 valence electrons. The summed E-state index contributed by atoms with van der Waals surface area (Å²) in [5.74, 6) is -1.21. The molecule has 1 unspecified atom stereocenters. The molecule has 0 bridgehead atoms. The summed E-state index contributed by atoms with van der Waals surface area (Å²) in [5, 5.41) is 9.56. The van der Waals surface area contributed by atoms with Crippen LogP contribution in [0.15, 0.2) is 59.6 Å². The molecular weight excluding hydrogens is 336 g/mol. The van der Waals surface area contributed by atoms with Gasteiger partial charge in [-0.3, -0.25) is 4.79 Å². The third kappa shape index (κ3) is 3.69. The number of carboxylic acids is 1. The molecule has 0 saturated carbocycles. The predicted molar refractivity (Wildman–Crippen MR) is 97.5 cm³/mol. The molecule has 1 N–H and O–H groups in total. The molecule has 0 radical (unpaired) electrons. The first kappa shape index (κ1) is 17.1. The first-order valence-electron chi connectivity index (χ1n) is 8.04. The second kappa shape index (κ2) is 7.44. The first-order chi connectivity index (χ1) is 12.1. The number of aliphatic carboxylic acids is 1. The maximum absolute atomic E-state index is 12.4. The van der Waals surface area contributed by atoms with Gasteiger partial charge >= 0.3 is 5.97 Å². The van der Waals surface area contributed by atoms with Crippen molar-refractivity contribution in [3.63, 3.8) is 0 Å². The lowest BCUT2D eigenvalue weighted by Gasteiger charge is -2.13. The zero-order valence-electron chi connectivity index (χ0n) is 13.8. The molecule has 1 atom stereocenters. The van der Waals surface area contributed by atoms with Crippen molar-refractivity contribution in [1.82, 2.24) is 4.57 Å². The van der Waals surface area contributed by atoms with Crippen LogP contribution in [0.3, 0.4) is 0 Å². The highest BCUT2D eigenvalue weighted by atomic mass is 32.1. The molecule has 0 aliphatic heterocycles. The minimum Gasteiger partial charge on any atom is -0.480 e. The number of amides is 1. The van der Waals surface area contributed by atoms with Crippen molar-refractivity contribution in [2.45, 2.75) is 25.8 Å². The van der Waals surface area contributed by atoms with Gasteiger partial charge in [-0.05, 0) is 24.1 Å². The highest BCUT2D eigenvalue weighted by Gasteiger charge is 2.21. The van der Waals surface area contributed by atoms with Crippen molar-refractivity contribution in [2.75, 3.05) is 0 Å². The molecule has 0 aliphatic rings. The number of thiazole rings is 1. The number of benzene rings is 2. The number of fused-ring (bicyclic) bond motifs is 1. The van der Waals surface area contributed by atoms with Crippen LogP contribution in [0.2, 0.25) is 0 Å². The fourth-order valence-corrected chi connectivity index (χ4v) is 3.84. The molecule has 3 aromatic rings. The Hall–Kier alpha value is -2.73. The van der Waals surface area contributed by atoms with Crippen LogP contribution in [0.4, 0.5) is 0 Å². The monoisotopic (exact) mass is 354 g/mol. The Bertz CT molecular complexity index is 973. The summed E-state index contributed by atoms with van der Waals surface area (Å²) in [4.78, 5) is 28.7. The molecule has 3 rings (SSSR count). The Morgan fingerprint density at radius 2 is 1.80 bits per heavy atom. The summed E-state index contributed by atoms with van der Waals surface area (Å²) in [6, 6.07) is 16.2. The quantitative estimate of drug-likeness (QED) is 0.763. The van der Waals surface area contributed by atoms with E-state index in [9.17, 15) is 14.7 Å². The number of rotatable bonds is 5. The van der Waals surface area contributed by atoms with Crippen LogP contribution in [-0.4, -0.2) is 21.6 Å². The lowest BCUT2D eigenvalue weighted by atomic mass is 10.1. The smallest absolute Gasteiger partial charge is 0.326 e. The van der Waals surface area contributed by atoms with Crippen LogP contribution in [0, 0.1) is 0 Å². The van der Waals surface area contributed by atoms with Gasteiger partial charge in [0.05, 0.1) is 16.6 Å². The number of nitrogens with zero attached hydrogens (tertiary/aromatic N) is 2. The van der Waals surface area contributed by atoms with Gasteiger partial charge in [0.2, 0.25) is 0 Å². The fraction of sp³-hybridized carbons (Fsp3) is 0.211. The first-order valence-corrected chi connectivity index (χ1v) is 8.86. The average Bonchev–Trinajstić information content (AvgIpc) is 2.94. The third-order valence-corrected chi connectivity index (χ3v) is 4.97. The second-order valence-corrected chi connectivity index (χ2v) is 6.66. The van der Waals surface area contributed by atoms with Crippen molar-refractivity contribution in [2.24, 2.45) is 4.99 Å². The van der Waals surface area contributed by atoms with Gasteiger partial charge in [0.15, 0.2) is 4.80 Å². The summed E-state index contributed by atoms with van der Waals surface area (Å²) < 4.78 is 2.57. The number of carboxylic acid groups (broad SMARTS) is 1. The van der Waals surface area contributed by atoms with Gasteiger partial charge in [0.25, 0.3) is 5.91 Å². The maximum atomic E-state index is 12.4. The van der Waals surface area contributed by atoms with Gasteiger partial charge < -0.3 is 9.67 Å². The highest BCUT2D eigenvalue weighted by molar-refractivity contribution is 7.16. The largest absolute Gasteiger partial charge is 0.480 e. The summed E-state index contributed by atoms with van der Waals surface area (Å²) in [6.07, 6.45) is 0.606. The highest BCUT2D eigenvalue weighted by Crippen LogP contribution is 2.22. The molecule has 1 aromatic heterocycles. The Labute approximate surface area is 148 Å². The van der Waals surface area contributed by atoms with Crippen LogP contribution in [0.25, 0.3) is 10.2 Å². The van der Waals surface area contributed by atoms with E-state index in [0.717, 1.165) is 15.8 Å². The van der Waals surface area contributed by atoms with Gasteiger partial charge in [-0.15, -0.1) is 0 Å². The van der Waals surface area contributed by atoms with Crippen LogP contribution >= 0.6 is 11.3 Å². The zero-order valence-corrected chi connectivity index (χ0v) is 14.6. The predicted octanol–water partition coefficient (Wildman–Crippen LogP) is 3.41. The summed E-state index contributed by atoms with van der Waals surface area (Å²) in [7, 11) is 0. The number of carbonyl (C=O) groups excluding carboxylic acids is 1. The van der Waals surface area contributed by atoms with Crippen LogP contribution in [0.5, 0.6) is 0 Å².